The van der Waals surface area contributed by atoms with Crippen LogP contribution in [0.2, 0.25) is 0 Å². The number of carbonyl (C=O) groups is 2. The number of hydrogen-bond acceptors (Lipinski definition) is 4. The SMILES string of the molecule is CCC(C)C(N)C(=O)N1CCN(CC(=O)NC2CCCCC2)CC1. The second kappa shape index (κ2) is 9.37. The van der Waals surface area contributed by atoms with Crippen LogP contribution in [0.1, 0.15) is 52.4 Å². The van der Waals surface area contributed by atoms with Crippen molar-refractivity contribution in [1.82, 2.24) is 15.1 Å². The highest BCUT2D eigenvalue weighted by molar-refractivity contribution is 5.82. The third kappa shape index (κ3) is 5.45. The Morgan fingerprint density at radius 1 is 1.12 bits per heavy atom. The fraction of sp³-hybridized carbons (Fsp3) is 0.889. The van der Waals surface area contributed by atoms with Gasteiger partial charge < -0.3 is 16.0 Å². The lowest BCUT2D eigenvalue weighted by atomic mass is 9.95. The summed E-state index contributed by atoms with van der Waals surface area (Å²) in [5.41, 5.74) is 6.05. The molecule has 0 radical (unpaired) electrons. The average molecular weight is 338 g/mol. The Morgan fingerprint density at radius 3 is 2.33 bits per heavy atom. The number of hydrogen-bond donors (Lipinski definition) is 2. The van der Waals surface area contributed by atoms with E-state index in [1.807, 2.05) is 11.8 Å². The lowest BCUT2D eigenvalue weighted by Crippen LogP contribution is -2.56. The Morgan fingerprint density at radius 2 is 1.75 bits per heavy atom. The zero-order valence-electron chi connectivity index (χ0n) is 15.3. The number of nitrogens with two attached hydrogens (primary N) is 1. The van der Waals surface area contributed by atoms with Crippen LogP contribution in [-0.4, -0.2) is 66.4 Å². The van der Waals surface area contributed by atoms with Crippen LogP contribution < -0.4 is 11.1 Å². The van der Waals surface area contributed by atoms with Crippen molar-refractivity contribution < 1.29 is 9.59 Å². The summed E-state index contributed by atoms with van der Waals surface area (Å²) in [6.45, 7) is 7.35. The van der Waals surface area contributed by atoms with E-state index in [1.54, 1.807) is 0 Å². The van der Waals surface area contributed by atoms with Crippen LogP contribution in [0.25, 0.3) is 0 Å². The molecule has 24 heavy (non-hydrogen) atoms. The van der Waals surface area contributed by atoms with Crippen LogP contribution in [0.3, 0.4) is 0 Å². The van der Waals surface area contributed by atoms with Gasteiger partial charge in [0.2, 0.25) is 11.8 Å². The summed E-state index contributed by atoms with van der Waals surface area (Å²) in [6, 6.07) is -0.0428. The monoisotopic (exact) mass is 338 g/mol. The normalized spacial score (nSPS) is 22.9. The van der Waals surface area contributed by atoms with Gasteiger partial charge in [-0.2, -0.15) is 0 Å². The first kappa shape index (κ1) is 19.2. The molecule has 0 bridgehead atoms. The van der Waals surface area contributed by atoms with Gasteiger partial charge in [0.05, 0.1) is 12.6 Å². The van der Waals surface area contributed by atoms with Gasteiger partial charge in [-0.05, 0) is 18.8 Å². The molecular formula is C18H34N4O2. The maximum Gasteiger partial charge on any atom is 0.239 e. The summed E-state index contributed by atoms with van der Waals surface area (Å²) >= 11 is 0. The topological polar surface area (TPSA) is 78.7 Å². The van der Waals surface area contributed by atoms with Crippen molar-refractivity contribution in [2.24, 2.45) is 11.7 Å². The molecule has 138 valence electrons. The molecule has 2 amide bonds. The molecule has 1 aliphatic heterocycles. The number of piperazine rings is 1. The van der Waals surface area contributed by atoms with E-state index in [0.29, 0.717) is 25.7 Å². The standard InChI is InChI=1S/C18H34N4O2/c1-3-14(2)17(19)18(24)22-11-9-21(10-12-22)13-16(23)20-15-7-5-4-6-8-15/h14-15,17H,3-13,19H2,1-2H3,(H,20,23). The minimum Gasteiger partial charge on any atom is -0.352 e. The van der Waals surface area contributed by atoms with Crippen molar-refractivity contribution in [1.29, 1.82) is 0 Å². The van der Waals surface area contributed by atoms with Gasteiger partial charge in [-0.25, -0.2) is 0 Å². The molecule has 1 aliphatic carbocycles. The molecule has 0 spiro atoms. The Bertz CT molecular complexity index is 415. The minimum atomic E-state index is -0.406. The van der Waals surface area contributed by atoms with E-state index >= 15 is 0 Å². The maximum atomic E-state index is 12.4. The first-order valence-corrected chi connectivity index (χ1v) is 9.57. The quantitative estimate of drug-likeness (QED) is 0.756. The molecule has 2 unspecified atom stereocenters. The Hall–Kier alpha value is -1.14. The second-order valence-electron chi connectivity index (χ2n) is 7.42. The van der Waals surface area contributed by atoms with E-state index < -0.39 is 6.04 Å². The van der Waals surface area contributed by atoms with Gasteiger partial charge in [-0.3, -0.25) is 14.5 Å². The van der Waals surface area contributed by atoms with E-state index in [9.17, 15) is 9.59 Å². The largest absolute Gasteiger partial charge is 0.352 e. The molecule has 0 aromatic carbocycles. The lowest BCUT2D eigenvalue weighted by molar-refractivity contribution is -0.135. The van der Waals surface area contributed by atoms with Crippen molar-refractivity contribution in [3.63, 3.8) is 0 Å². The second-order valence-corrected chi connectivity index (χ2v) is 7.42. The van der Waals surface area contributed by atoms with Crippen LogP contribution in [0.15, 0.2) is 0 Å². The van der Waals surface area contributed by atoms with Crippen molar-refractivity contribution in [3.05, 3.63) is 0 Å². The molecule has 2 fully saturated rings. The zero-order chi connectivity index (χ0) is 17.5. The number of carbonyl (C=O) groups excluding carboxylic acids is 2. The predicted molar refractivity (Wildman–Crippen MR) is 95.5 cm³/mol. The molecule has 1 heterocycles. The van der Waals surface area contributed by atoms with E-state index in [4.69, 9.17) is 5.73 Å². The third-order valence-electron chi connectivity index (χ3n) is 5.56. The van der Waals surface area contributed by atoms with Gasteiger partial charge in [0, 0.05) is 32.2 Å². The summed E-state index contributed by atoms with van der Waals surface area (Å²) in [5, 5.41) is 3.16. The van der Waals surface area contributed by atoms with E-state index in [2.05, 4.69) is 17.1 Å². The molecule has 2 aliphatic rings. The number of nitrogens with zero attached hydrogens (tertiary/aromatic N) is 2. The molecule has 0 aromatic heterocycles. The molecule has 1 saturated carbocycles. The van der Waals surface area contributed by atoms with E-state index in [0.717, 1.165) is 32.4 Å². The summed E-state index contributed by atoms with van der Waals surface area (Å²) in [4.78, 5) is 28.6. The highest BCUT2D eigenvalue weighted by Crippen LogP contribution is 2.17. The lowest BCUT2D eigenvalue weighted by Gasteiger charge is -2.36. The molecule has 6 nitrogen and oxygen atoms in total. The van der Waals surface area contributed by atoms with Crippen LogP contribution in [-0.2, 0) is 9.59 Å². The van der Waals surface area contributed by atoms with Crippen molar-refractivity contribution in [3.8, 4) is 0 Å². The van der Waals surface area contributed by atoms with Gasteiger partial charge in [0.25, 0.3) is 0 Å². The van der Waals surface area contributed by atoms with Crippen molar-refractivity contribution in [2.45, 2.75) is 64.5 Å². The van der Waals surface area contributed by atoms with Crippen LogP contribution in [0, 0.1) is 5.92 Å². The van der Waals surface area contributed by atoms with Crippen molar-refractivity contribution in [2.75, 3.05) is 32.7 Å². The maximum absolute atomic E-state index is 12.4. The molecule has 1 saturated heterocycles. The Balaban J connectivity index is 1.70. The summed E-state index contributed by atoms with van der Waals surface area (Å²) in [5.74, 6) is 0.380. The average Bonchev–Trinajstić information content (AvgIpc) is 2.61. The molecule has 2 rings (SSSR count). The van der Waals surface area contributed by atoms with Gasteiger partial charge in [0.1, 0.15) is 0 Å². The highest BCUT2D eigenvalue weighted by Gasteiger charge is 2.28. The van der Waals surface area contributed by atoms with Gasteiger partial charge in [-0.1, -0.05) is 39.5 Å². The molecule has 2 atom stereocenters. The van der Waals surface area contributed by atoms with Gasteiger partial charge >= 0.3 is 0 Å². The first-order valence-electron chi connectivity index (χ1n) is 9.57. The highest BCUT2D eigenvalue weighted by atomic mass is 16.2. The third-order valence-corrected chi connectivity index (χ3v) is 5.56. The zero-order valence-corrected chi connectivity index (χ0v) is 15.3. The number of amides is 2. The summed E-state index contributed by atoms with van der Waals surface area (Å²) < 4.78 is 0. The van der Waals surface area contributed by atoms with Crippen LogP contribution in [0.4, 0.5) is 0 Å². The van der Waals surface area contributed by atoms with Gasteiger partial charge in [-0.15, -0.1) is 0 Å². The van der Waals surface area contributed by atoms with Crippen LogP contribution >= 0.6 is 0 Å². The summed E-state index contributed by atoms with van der Waals surface area (Å²) in [7, 11) is 0. The fourth-order valence-electron chi connectivity index (χ4n) is 3.56. The molecule has 3 N–H and O–H groups in total. The van der Waals surface area contributed by atoms with Gasteiger partial charge in [0.15, 0.2) is 0 Å². The first-order chi connectivity index (χ1) is 11.5. The molecule has 6 heteroatoms. The van der Waals surface area contributed by atoms with E-state index in [1.165, 1.54) is 19.3 Å². The molecular weight excluding hydrogens is 304 g/mol. The predicted octanol–water partition coefficient (Wildman–Crippen LogP) is 0.953. The van der Waals surface area contributed by atoms with E-state index in [-0.39, 0.29) is 17.7 Å². The molecule has 0 aromatic rings. The summed E-state index contributed by atoms with van der Waals surface area (Å²) in [6.07, 6.45) is 6.88. The number of rotatable bonds is 6. The fourth-order valence-corrected chi connectivity index (χ4v) is 3.56. The smallest absolute Gasteiger partial charge is 0.239 e. The Labute approximate surface area is 146 Å². The number of nitrogens with one attached hydrogen (secondary N) is 1. The van der Waals surface area contributed by atoms with Crippen LogP contribution in [0.5, 0.6) is 0 Å². The van der Waals surface area contributed by atoms with Crippen molar-refractivity contribution >= 4 is 11.8 Å². The minimum absolute atomic E-state index is 0.0515. The Kier molecular flexibility index (Phi) is 7.49.